The largest absolute Gasteiger partial charge is 0.480 e. The molecule has 2 aliphatic rings. The van der Waals surface area contributed by atoms with Crippen molar-refractivity contribution in [3.63, 3.8) is 0 Å². The van der Waals surface area contributed by atoms with Gasteiger partial charge in [-0.25, -0.2) is 4.79 Å². The molecule has 2 rings (SSSR count). The minimum Gasteiger partial charge on any atom is -0.480 e. The Bertz CT molecular complexity index is 329. The summed E-state index contributed by atoms with van der Waals surface area (Å²) < 4.78 is -0.379. The average Bonchev–Trinajstić information content (AvgIpc) is 2.35. The van der Waals surface area contributed by atoms with Gasteiger partial charge in [-0.2, -0.15) is 0 Å². The third-order valence-electron chi connectivity index (χ3n) is 3.22. The Balaban J connectivity index is 2.28. The number of amides is 1. The smallest absolute Gasteiger partial charge is 0.327 e. The summed E-state index contributed by atoms with van der Waals surface area (Å²) in [6, 6.07) is -0.664. The van der Waals surface area contributed by atoms with Crippen molar-refractivity contribution < 1.29 is 14.7 Å². The van der Waals surface area contributed by atoms with Crippen LogP contribution in [-0.4, -0.2) is 38.0 Å². The number of carboxylic acid groups (broad SMARTS) is 1. The van der Waals surface area contributed by atoms with Crippen molar-refractivity contribution in [3.8, 4) is 0 Å². The minimum absolute atomic E-state index is 0.00738. The van der Waals surface area contributed by atoms with Crippen LogP contribution < -0.4 is 0 Å². The van der Waals surface area contributed by atoms with Crippen LogP contribution in [0.3, 0.4) is 0 Å². The zero-order chi connectivity index (χ0) is 11.4. The van der Waals surface area contributed by atoms with Crippen LogP contribution in [0.25, 0.3) is 0 Å². The molecule has 4 nitrogen and oxygen atoms in total. The molecule has 2 heterocycles. The van der Waals surface area contributed by atoms with Crippen LogP contribution in [-0.2, 0) is 9.59 Å². The minimum atomic E-state index is -0.891. The highest BCUT2D eigenvalue weighted by Crippen LogP contribution is 2.53. The molecule has 0 radical (unpaired) electrons. The third-order valence-corrected chi connectivity index (χ3v) is 4.85. The summed E-state index contributed by atoms with van der Waals surface area (Å²) in [7, 11) is 0. The summed E-state index contributed by atoms with van der Waals surface area (Å²) in [5, 5.41) is 9.22. The van der Waals surface area contributed by atoms with Crippen molar-refractivity contribution in [1.29, 1.82) is 0 Å². The number of carbonyl (C=O) groups excluding carboxylic acids is 1. The number of carbonyl (C=O) groups is 2. The molecule has 1 N–H and O–H groups in total. The maximum absolute atomic E-state index is 11.7. The topological polar surface area (TPSA) is 57.6 Å². The second-order valence-electron chi connectivity index (χ2n) is 4.61. The van der Waals surface area contributed by atoms with Gasteiger partial charge in [0.1, 0.15) is 6.04 Å². The van der Waals surface area contributed by atoms with Gasteiger partial charge < -0.3 is 10.0 Å². The van der Waals surface area contributed by atoms with Gasteiger partial charge in [0, 0.05) is 4.75 Å². The first-order valence-electron chi connectivity index (χ1n) is 5.13. The molecule has 0 aromatic rings. The standard InChI is InChI=1S/C10H15NO3S/c1-4-5-7(12)11-6(9(13)14)10(2,3)15-8(5)11/h5-6,8H,4H2,1-3H3,(H,13,14)/t5-,6+,8?/m1/s1. The first-order valence-corrected chi connectivity index (χ1v) is 6.01. The third kappa shape index (κ3) is 1.29. The number of hydrogen-bond acceptors (Lipinski definition) is 3. The van der Waals surface area contributed by atoms with Gasteiger partial charge in [0.25, 0.3) is 0 Å². The summed E-state index contributed by atoms with van der Waals surface area (Å²) in [5.74, 6) is -0.857. The molecule has 3 atom stereocenters. The molecule has 2 fully saturated rings. The van der Waals surface area contributed by atoms with E-state index in [2.05, 4.69) is 0 Å². The van der Waals surface area contributed by atoms with E-state index in [-0.39, 0.29) is 21.9 Å². The molecule has 2 aliphatic heterocycles. The van der Waals surface area contributed by atoms with E-state index in [9.17, 15) is 9.59 Å². The zero-order valence-electron chi connectivity index (χ0n) is 9.06. The Kier molecular flexibility index (Phi) is 2.26. The van der Waals surface area contributed by atoms with Crippen molar-refractivity contribution in [1.82, 2.24) is 4.90 Å². The number of rotatable bonds is 2. The Morgan fingerprint density at radius 2 is 2.20 bits per heavy atom. The fourth-order valence-corrected chi connectivity index (χ4v) is 4.24. The molecule has 0 aliphatic carbocycles. The summed E-state index contributed by atoms with van der Waals surface area (Å²) in [5.41, 5.74) is 0. The molecule has 84 valence electrons. The first-order chi connectivity index (χ1) is 6.90. The lowest BCUT2D eigenvalue weighted by Crippen LogP contribution is -2.62. The maximum Gasteiger partial charge on any atom is 0.327 e. The molecule has 1 unspecified atom stereocenters. The molecule has 15 heavy (non-hydrogen) atoms. The monoisotopic (exact) mass is 229 g/mol. The predicted molar refractivity (Wildman–Crippen MR) is 57.5 cm³/mol. The van der Waals surface area contributed by atoms with Crippen molar-refractivity contribution >= 4 is 23.6 Å². The van der Waals surface area contributed by atoms with Crippen LogP contribution in [0, 0.1) is 5.92 Å². The van der Waals surface area contributed by atoms with Gasteiger partial charge in [-0.3, -0.25) is 4.79 Å². The summed E-state index contributed by atoms with van der Waals surface area (Å²) in [6.07, 6.45) is 0.801. The van der Waals surface area contributed by atoms with E-state index in [1.165, 1.54) is 0 Å². The number of hydrogen-bond donors (Lipinski definition) is 1. The van der Waals surface area contributed by atoms with Gasteiger partial charge >= 0.3 is 5.97 Å². The van der Waals surface area contributed by atoms with E-state index in [1.54, 1.807) is 16.7 Å². The molecule has 0 spiro atoms. The molecule has 0 bridgehead atoms. The van der Waals surface area contributed by atoms with E-state index in [0.717, 1.165) is 6.42 Å². The average molecular weight is 229 g/mol. The van der Waals surface area contributed by atoms with Gasteiger partial charge in [0.15, 0.2) is 0 Å². The summed E-state index contributed by atoms with van der Waals surface area (Å²) in [4.78, 5) is 24.4. The lowest BCUT2D eigenvalue weighted by atomic mass is 9.90. The van der Waals surface area contributed by atoms with Crippen molar-refractivity contribution in [2.75, 3.05) is 0 Å². The molecule has 2 saturated heterocycles. The fraction of sp³-hybridized carbons (Fsp3) is 0.800. The Hall–Kier alpha value is -0.710. The molecule has 0 saturated carbocycles. The molecule has 5 heteroatoms. The quantitative estimate of drug-likeness (QED) is 0.722. The second kappa shape index (κ2) is 3.14. The summed E-state index contributed by atoms with van der Waals surface area (Å²) >= 11 is 1.61. The van der Waals surface area contributed by atoms with E-state index in [4.69, 9.17) is 5.11 Å². The number of thioether (sulfide) groups is 1. The Labute approximate surface area is 93.0 Å². The number of fused-ring (bicyclic) bond motifs is 1. The van der Waals surface area contributed by atoms with E-state index in [0.29, 0.717) is 0 Å². The molecule has 0 aromatic carbocycles. The lowest BCUT2D eigenvalue weighted by Gasteiger charge is -2.43. The van der Waals surface area contributed by atoms with E-state index >= 15 is 0 Å². The zero-order valence-corrected chi connectivity index (χ0v) is 9.87. The highest BCUT2D eigenvalue weighted by Gasteiger charge is 2.62. The SMILES string of the molecule is CC[C@@H]1C(=O)N2C1SC(C)(C)[C@@H]2C(=O)O. The Morgan fingerprint density at radius 1 is 1.60 bits per heavy atom. The summed E-state index contributed by atoms with van der Waals surface area (Å²) in [6.45, 7) is 5.77. The van der Waals surface area contributed by atoms with Crippen LogP contribution in [0.4, 0.5) is 0 Å². The van der Waals surface area contributed by atoms with Crippen molar-refractivity contribution in [3.05, 3.63) is 0 Å². The Morgan fingerprint density at radius 3 is 2.67 bits per heavy atom. The van der Waals surface area contributed by atoms with Crippen LogP contribution in [0.1, 0.15) is 27.2 Å². The number of nitrogens with zero attached hydrogens (tertiary/aromatic N) is 1. The van der Waals surface area contributed by atoms with Crippen molar-refractivity contribution in [2.45, 2.75) is 43.4 Å². The van der Waals surface area contributed by atoms with Gasteiger partial charge in [-0.1, -0.05) is 6.92 Å². The first kappa shape index (κ1) is 10.8. The maximum atomic E-state index is 11.7. The second-order valence-corrected chi connectivity index (χ2v) is 6.38. The van der Waals surface area contributed by atoms with Crippen LogP contribution in [0.5, 0.6) is 0 Å². The van der Waals surface area contributed by atoms with Gasteiger partial charge in [0.2, 0.25) is 5.91 Å². The molecule has 1 amide bonds. The van der Waals surface area contributed by atoms with Crippen LogP contribution in [0.2, 0.25) is 0 Å². The molecular weight excluding hydrogens is 214 g/mol. The fourth-order valence-electron chi connectivity index (χ4n) is 2.47. The number of carboxylic acids is 1. The highest BCUT2D eigenvalue weighted by molar-refractivity contribution is 8.01. The molecular formula is C10H15NO3S. The van der Waals surface area contributed by atoms with Crippen molar-refractivity contribution in [2.24, 2.45) is 5.92 Å². The van der Waals surface area contributed by atoms with Gasteiger partial charge in [-0.15, -0.1) is 11.8 Å². The number of aliphatic carboxylic acids is 1. The highest BCUT2D eigenvalue weighted by atomic mass is 32.2. The predicted octanol–water partition coefficient (Wildman–Crippen LogP) is 1.16. The van der Waals surface area contributed by atoms with E-state index < -0.39 is 12.0 Å². The normalized spacial score (nSPS) is 37.4. The molecule has 0 aromatic heterocycles. The lowest BCUT2D eigenvalue weighted by molar-refractivity contribution is -0.163. The van der Waals surface area contributed by atoms with Crippen LogP contribution in [0.15, 0.2) is 0 Å². The van der Waals surface area contributed by atoms with E-state index in [1.807, 2.05) is 20.8 Å². The van der Waals surface area contributed by atoms with Crippen LogP contribution >= 0.6 is 11.8 Å². The van der Waals surface area contributed by atoms with Gasteiger partial charge in [0.05, 0.1) is 11.3 Å². The number of β-lactam (4-membered cyclic amide) rings is 1. The van der Waals surface area contributed by atoms with Gasteiger partial charge in [-0.05, 0) is 20.3 Å².